The second-order valence-corrected chi connectivity index (χ2v) is 4.72. The summed E-state index contributed by atoms with van der Waals surface area (Å²) in [5.74, 6) is 0.946. The summed E-state index contributed by atoms with van der Waals surface area (Å²) >= 11 is 0. The lowest BCUT2D eigenvalue weighted by Crippen LogP contribution is -2.28. The molecule has 1 fully saturated rings. The van der Waals surface area contributed by atoms with Crippen LogP contribution in [0.3, 0.4) is 0 Å². The maximum absolute atomic E-state index is 5.94. The summed E-state index contributed by atoms with van der Waals surface area (Å²) in [4.78, 5) is 2.44. The number of rotatable bonds is 4. The second-order valence-electron chi connectivity index (χ2n) is 4.72. The predicted molar refractivity (Wildman–Crippen MR) is 70.2 cm³/mol. The van der Waals surface area contributed by atoms with Crippen molar-refractivity contribution in [3.63, 3.8) is 0 Å². The number of ether oxygens (including phenoxy) is 1. The van der Waals surface area contributed by atoms with Crippen LogP contribution in [0, 0.1) is 0 Å². The van der Waals surface area contributed by atoms with Crippen LogP contribution in [-0.2, 0) is 0 Å². The van der Waals surface area contributed by atoms with E-state index in [1.807, 2.05) is 19.1 Å². The van der Waals surface area contributed by atoms with Gasteiger partial charge in [-0.15, -0.1) is 0 Å². The van der Waals surface area contributed by atoms with E-state index in [1.165, 1.54) is 5.56 Å². The Morgan fingerprint density at radius 2 is 2.12 bits per heavy atom. The maximum atomic E-state index is 5.94. The van der Waals surface area contributed by atoms with Gasteiger partial charge in [-0.2, -0.15) is 0 Å². The molecule has 1 aliphatic heterocycles. The summed E-state index contributed by atoms with van der Waals surface area (Å²) in [6, 6.07) is 9.19. The van der Waals surface area contributed by atoms with Gasteiger partial charge in [0.15, 0.2) is 0 Å². The Balaban J connectivity index is 2.01. The minimum Gasteiger partial charge on any atom is -0.494 e. The number of nitrogens with two attached hydrogens (primary N) is 1. The minimum absolute atomic E-state index is 0.347. The summed E-state index contributed by atoms with van der Waals surface area (Å²) in [5, 5.41) is 0. The van der Waals surface area contributed by atoms with Crippen LogP contribution in [0.15, 0.2) is 24.3 Å². The van der Waals surface area contributed by atoms with Crippen LogP contribution in [0.4, 0.5) is 0 Å². The maximum Gasteiger partial charge on any atom is 0.119 e. The molecule has 3 nitrogen and oxygen atoms in total. The molecule has 0 aliphatic carbocycles. The van der Waals surface area contributed by atoms with Crippen LogP contribution in [-0.4, -0.2) is 30.6 Å². The number of likely N-dealkylation sites (tertiary alicyclic amines) is 1. The van der Waals surface area contributed by atoms with E-state index in [4.69, 9.17) is 10.5 Å². The summed E-state index contributed by atoms with van der Waals surface area (Å²) in [5.41, 5.74) is 7.28. The van der Waals surface area contributed by atoms with Gasteiger partial charge in [0, 0.05) is 25.2 Å². The van der Waals surface area contributed by atoms with Gasteiger partial charge in [-0.1, -0.05) is 12.1 Å². The van der Waals surface area contributed by atoms with Crippen LogP contribution >= 0.6 is 0 Å². The number of nitrogens with zero attached hydrogens (tertiary/aromatic N) is 1. The van der Waals surface area contributed by atoms with E-state index < -0.39 is 0 Å². The Bertz CT molecular complexity index is 350. The number of hydrogen-bond donors (Lipinski definition) is 1. The lowest BCUT2D eigenvalue weighted by Gasteiger charge is -2.24. The average molecular weight is 234 g/mol. The Kier molecular flexibility index (Phi) is 4.02. The first-order valence-corrected chi connectivity index (χ1v) is 6.43. The third-order valence-corrected chi connectivity index (χ3v) is 3.48. The first kappa shape index (κ1) is 12.4. The number of benzene rings is 1. The third-order valence-electron chi connectivity index (χ3n) is 3.48. The lowest BCUT2D eigenvalue weighted by molar-refractivity contribution is 0.259. The van der Waals surface area contributed by atoms with Crippen LogP contribution in [0.1, 0.15) is 31.9 Å². The van der Waals surface area contributed by atoms with E-state index in [0.29, 0.717) is 12.1 Å². The highest BCUT2D eigenvalue weighted by Crippen LogP contribution is 2.25. The standard InChI is InChI=1S/C14H22N2O/c1-3-17-14-6-4-12(5-7-14)11(2)16-9-8-13(15)10-16/h4-7,11,13H,3,8-10,15H2,1-2H3. The van der Waals surface area contributed by atoms with Gasteiger partial charge in [0.25, 0.3) is 0 Å². The van der Waals surface area contributed by atoms with Gasteiger partial charge in [-0.05, 0) is 38.0 Å². The van der Waals surface area contributed by atoms with E-state index in [-0.39, 0.29) is 0 Å². The van der Waals surface area contributed by atoms with Crippen molar-refractivity contribution in [3.8, 4) is 5.75 Å². The van der Waals surface area contributed by atoms with Crippen LogP contribution < -0.4 is 10.5 Å². The molecule has 1 aliphatic rings. The zero-order valence-electron chi connectivity index (χ0n) is 10.7. The highest BCUT2D eigenvalue weighted by molar-refractivity contribution is 5.29. The Hall–Kier alpha value is -1.06. The van der Waals surface area contributed by atoms with Crippen molar-refractivity contribution < 1.29 is 4.74 Å². The zero-order valence-corrected chi connectivity index (χ0v) is 10.7. The van der Waals surface area contributed by atoms with Gasteiger partial charge in [-0.3, -0.25) is 4.90 Å². The first-order valence-electron chi connectivity index (χ1n) is 6.43. The highest BCUT2D eigenvalue weighted by Gasteiger charge is 2.24. The van der Waals surface area contributed by atoms with Gasteiger partial charge in [-0.25, -0.2) is 0 Å². The molecule has 1 aromatic rings. The zero-order chi connectivity index (χ0) is 12.3. The Morgan fingerprint density at radius 1 is 1.41 bits per heavy atom. The third kappa shape index (κ3) is 2.99. The quantitative estimate of drug-likeness (QED) is 0.868. The molecule has 3 heteroatoms. The lowest BCUT2D eigenvalue weighted by atomic mass is 10.1. The topological polar surface area (TPSA) is 38.5 Å². The normalized spacial score (nSPS) is 22.6. The smallest absolute Gasteiger partial charge is 0.119 e. The van der Waals surface area contributed by atoms with E-state index in [1.54, 1.807) is 0 Å². The molecule has 1 heterocycles. The van der Waals surface area contributed by atoms with Crippen molar-refractivity contribution in [2.75, 3.05) is 19.7 Å². The molecule has 0 bridgehead atoms. The van der Waals surface area contributed by atoms with E-state index in [0.717, 1.165) is 31.9 Å². The van der Waals surface area contributed by atoms with Crippen molar-refractivity contribution >= 4 is 0 Å². The monoisotopic (exact) mass is 234 g/mol. The van der Waals surface area contributed by atoms with Crippen molar-refractivity contribution in [1.29, 1.82) is 0 Å². The number of hydrogen-bond acceptors (Lipinski definition) is 3. The van der Waals surface area contributed by atoms with Crippen LogP contribution in [0.5, 0.6) is 5.75 Å². The fourth-order valence-corrected chi connectivity index (χ4v) is 2.39. The molecule has 2 atom stereocenters. The van der Waals surface area contributed by atoms with Crippen LogP contribution in [0.25, 0.3) is 0 Å². The van der Waals surface area contributed by atoms with Crippen molar-refractivity contribution in [1.82, 2.24) is 4.90 Å². The Labute approximate surface area is 104 Å². The van der Waals surface area contributed by atoms with Gasteiger partial charge in [0.2, 0.25) is 0 Å². The highest BCUT2D eigenvalue weighted by atomic mass is 16.5. The molecule has 0 saturated carbocycles. The molecule has 1 saturated heterocycles. The minimum atomic E-state index is 0.347. The largest absolute Gasteiger partial charge is 0.494 e. The fraction of sp³-hybridized carbons (Fsp3) is 0.571. The summed E-state index contributed by atoms with van der Waals surface area (Å²) in [7, 11) is 0. The summed E-state index contributed by atoms with van der Waals surface area (Å²) in [6.45, 7) is 7.08. The van der Waals surface area contributed by atoms with Gasteiger partial charge < -0.3 is 10.5 Å². The van der Waals surface area contributed by atoms with E-state index in [2.05, 4.69) is 24.0 Å². The van der Waals surface area contributed by atoms with Crippen molar-refractivity contribution in [2.45, 2.75) is 32.4 Å². The SMILES string of the molecule is CCOc1ccc(C(C)N2CCC(N)C2)cc1. The van der Waals surface area contributed by atoms with Gasteiger partial charge in [0.05, 0.1) is 6.61 Å². The average Bonchev–Trinajstić information content (AvgIpc) is 2.76. The van der Waals surface area contributed by atoms with Crippen molar-refractivity contribution in [3.05, 3.63) is 29.8 Å². The molecule has 0 spiro atoms. The first-order chi connectivity index (χ1) is 8.20. The molecular formula is C14H22N2O. The molecule has 2 unspecified atom stereocenters. The molecule has 94 valence electrons. The molecule has 0 amide bonds. The van der Waals surface area contributed by atoms with E-state index in [9.17, 15) is 0 Å². The fourth-order valence-electron chi connectivity index (χ4n) is 2.39. The molecule has 2 rings (SSSR count). The Morgan fingerprint density at radius 3 is 2.65 bits per heavy atom. The second kappa shape index (κ2) is 5.52. The molecular weight excluding hydrogens is 212 g/mol. The summed E-state index contributed by atoms with van der Waals surface area (Å²) in [6.07, 6.45) is 1.11. The summed E-state index contributed by atoms with van der Waals surface area (Å²) < 4.78 is 5.45. The molecule has 0 radical (unpaired) electrons. The van der Waals surface area contributed by atoms with Gasteiger partial charge >= 0.3 is 0 Å². The van der Waals surface area contributed by atoms with Gasteiger partial charge in [0.1, 0.15) is 5.75 Å². The molecule has 2 N–H and O–H groups in total. The molecule has 17 heavy (non-hydrogen) atoms. The molecule has 1 aromatic carbocycles. The molecule has 0 aromatic heterocycles. The predicted octanol–water partition coefficient (Wildman–Crippen LogP) is 2.18. The van der Waals surface area contributed by atoms with E-state index >= 15 is 0 Å². The van der Waals surface area contributed by atoms with Crippen LogP contribution in [0.2, 0.25) is 0 Å². The van der Waals surface area contributed by atoms with Crippen molar-refractivity contribution in [2.24, 2.45) is 5.73 Å².